The summed E-state index contributed by atoms with van der Waals surface area (Å²) in [6.45, 7) is 6.52. The first-order valence-electron chi connectivity index (χ1n) is 11.2. The normalized spacial score (nSPS) is 37.2. The molecule has 2 N–H and O–H groups in total. The third-order valence-electron chi connectivity index (χ3n) is 7.60. The van der Waals surface area contributed by atoms with E-state index in [0.29, 0.717) is 25.4 Å². The maximum atomic E-state index is 12.9. The Kier molecular flexibility index (Phi) is 5.18. The van der Waals surface area contributed by atoms with Crippen molar-refractivity contribution in [3.05, 3.63) is 0 Å². The molecule has 3 amide bonds. The Morgan fingerprint density at radius 1 is 1.10 bits per heavy atom. The number of primary amides is 1. The fourth-order valence-electron chi connectivity index (χ4n) is 6.37. The van der Waals surface area contributed by atoms with Crippen LogP contribution in [0, 0.1) is 23.2 Å². The van der Waals surface area contributed by atoms with Gasteiger partial charge < -0.3 is 25.0 Å². The van der Waals surface area contributed by atoms with Gasteiger partial charge in [0.2, 0.25) is 5.91 Å². The van der Waals surface area contributed by atoms with E-state index in [1.807, 2.05) is 20.8 Å². The van der Waals surface area contributed by atoms with Gasteiger partial charge in [0.25, 0.3) is 0 Å². The van der Waals surface area contributed by atoms with Crippen LogP contribution in [0.15, 0.2) is 0 Å². The summed E-state index contributed by atoms with van der Waals surface area (Å²) in [6.07, 6.45) is 4.34. The second-order valence-corrected chi connectivity index (χ2v) is 10.9. The number of carbonyl (C=O) groups is 3. The number of carbonyl (C=O) groups excluding carboxylic acids is 3. The van der Waals surface area contributed by atoms with Crippen molar-refractivity contribution in [3.8, 4) is 0 Å². The van der Waals surface area contributed by atoms with Gasteiger partial charge in [-0.05, 0) is 77.0 Å². The summed E-state index contributed by atoms with van der Waals surface area (Å²) < 4.78 is 11.4. The average molecular weight is 422 g/mol. The number of nitrogens with two attached hydrogens (primary N) is 1. The summed E-state index contributed by atoms with van der Waals surface area (Å²) >= 11 is 0. The second-order valence-electron chi connectivity index (χ2n) is 10.9. The molecule has 6 atom stereocenters. The highest BCUT2D eigenvalue weighted by atomic mass is 16.6. The van der Waals surface area contributed by atoms with Crippen molar-refractivity contribution in [2.45, 2.75) is 77.0 Å². The van der Waals surface area contributed by atoms with Gasteiger partial charge in [-0.15, -0.1) is 0 Å². The lowest BCUT2D eigenvalue weighted by molar-refractivity contribution is -0.161. The summed E-state index contributed by atoms with van der Waals surface area (Å²) in [7, 11) is 1.72. The highest BCUT2D eigenvalue weighted by Crippen LogP contribution is 2.60. The lowest BCUT2D eigenvalue weighted by atomic mass is 9.48. The molecule has 1 aliphatic heterocycles. The molecule has 1 saturated heterocycles. The lowest BCUT2D eigenvalue weighted by Crippen LogP contribution is -2.59. The van der Waals surface area contributed by atoms with Crippen molar-refractivity contribution < 1.29 is 23.9 Å². The molecule has 5 unspecified atom stereocenters. The molecule has 0 aromatic rings. The fourth-order valence-corrected chi connectivity index (χ4v) is 6.37. The molecular formula is C22H35N3O5. The summed E-state index contributed by atoms with van der Waals surface area (Å²) in [5, 5.41) is 0. The van der Waals surface area contributed by atoms with E-state index >= 15 is 0 Å². The van der Waals surface area contributed by atoms with E-state index in [0.717, 1.165) is 32.1 Å². The van der Waals surface area contributed by atoms with Gasteiger partial charge in [0.05, 0.1) is 11.5 Å². The molecule has 168 valence electrons. The van der Waals surface area contributed by atoms with Crippen LogP contribution in [-0.4, -0.2) is 65.8 Å². The van der Waals surface area contributed by atoms with Gasteiger partial charge in [0.1, 0.15) is 11.7 Å². The third-order valence-corrected chi connectivity index (χ3v) is 7.60. The van der Waals surface area contributed by atoms with Gasteiger partial charge in [-0.1, -0.05) is 0 Å². The number of hydrogen-bond donors (Lipinski definition) is 1. The molecule has 0 radical (unpaired) electrons. The van der Waals surface area contributed by atoms with Crippen molar-refractivity contribution in [3.63, 3.8) is 0 Å². The van der Waals surface area contributed by atoms with Crippen molar-refractivity contribution >= 4 is 18.1 Å². The van der Waals surface area contributed by atoms with Crippen LogP contribution in [0.25, 0.3) is 0 Å². The molecular weight excluding hydrogens is 386 g/mol. The number of likely N-dealkylation sites (tertiary alicyclic amines) is 1. The number of hydrogen-bond acceptors (Lipinski definition) is 5. The SMILES string of the molecule is CN(C(=O)OC(C)(C)C)C1CCN(C(=O)OC2C3CC4C[C@H]2CC(C(N)=O)(C4)C3)C1. The minimum atomic E-state index is -0.551. The van der Waals surface area contributed by atoms with Crippen LogP contribution in [0.4, 0.5) is 9.59 Å². The van der Waals surface area contributed by atoms with E-state index in [1.54, 1.807) is 16.8 Å². The first-order chi connectivity index (χ1) is 14.0. The molecule has 5 rings (SSSR count). The molecule has 30 heavy (non-hydrogen) atoms. The van der Waals surface area contributed by atoms with Crippen LogP contribution in [0.2, 0.25) is 0 Å². The molecule has 4 saturated carbocycles. The van der Waals surface area contributed by atoms with Crippen LogP contribution in [0.3, 0.4) is 0 Å². The van der Waals surface area contributed by atoms with E-state index in [-0.39, 0.29) is 47.5 Å². The van der Waals surface area contributed by atoms with Crippen molar-refractivity contribution in [1.82, 2.24) is 9.80 Å². The van der Waals surface area contributed by atoms with E-state index in [9.17, 15) is 14.4 Å². The smallest absolute Gasteiger partial charge is 0.410 e. The number of ether oxygens (including phenoxy) is 2. The van der Waals surface area contributed by atoms with Gasteiger partial charge in [0.15, 0.2) is 0 Å². The Labute approximate surface area is 178 Å². The predicted octanol–water partition coefficient (Wildman–Crippen LogP) is 2.74. The topological polar surface area (TPSA) is 102 Å². The molecule has 5 aliphatic rings. The van der Waals surface area contributed by atoms with Gasteiger partial charge in [-0.2, -0.15) is 0 Å². The van der Waals surface area contributed by atoms with Gasteiger partial charge in [-0.3, -0.25) is 4.79 Å². The highest BCUT2D eigenvalue weighted by Gasteiger charge is 2.59. The minimum absolute atomic E-state index is 0.0796. The Morgan fingerprint density at radius 3 is 2.30 bits per heavy atom. The fraction of sp³-hybridized carbons (Fsp3) is 0.864. The summed E-state index contributed by atoms with van der Waals surface area (Å²) in [6, 6.07) is -0.0796. The zero-order valence-corrected chi connectivity index (χ0v) is 18.6. The Balaban J connectivity index is 1.33. The molecule has 0 aromatic carbocycles. The van der Waals surface area contributed by atoms with E-state index in [4.69, 9.17) is 15.2 Å². The quantitative estimate of drug-likeness (QED) is 0.755. The molecule has 5 fully saturated rings. The Bertz CT molecular complexity index is 717. The number of rotatable bonds is 3. The van der Waals surface area contributed by atoms with Crippen molar-refractivity contribution in [2.24, 2.45) is 28.9 Å². The summed E-state index contributed by atoms with van der Waals surface area (Å²) in [5.74, 6) is 0.814. The number of amides is 3. The van der Waals surface area contributed by atoms with Gasteiger partial charge >= 0.3 is 12.2 Å². The van der Waals surface area contributed by atoms with Crippen molar-refractivity contribution in [1.29, 1.82) is 0 Å². The van der Waals surface area contributed by atoms with E-state index in [2.05, 4.69) is 0 Å². The maximum Gasteiger partial charge on any atom is 0.410 e. The summed E-state index contributed by atoms with van der Waals surface area (Å²) in [5.41, 5.74) is 4.81. The van der Waals surface area contributed by atoms with Crippen LogP contribution in [-0.2, 0) is 14.3 Å². The van der Waals surface area contributed by atoms with Crippen molar-refractivity contribution in [2.75, 3.05) is 20.1 Å². The third kappa shape index (κ3) is 3.85. The highest BCUT2D eigenvalue weighted by molar-refractivity contribution is 5.81. The van der Waals surface area contributed by atoms with Crippen LogP contribution < -0.4 is 5.73 Å². The van der Waals surface area contributed by atoms with Crippen LogP contribution in [0.1, 0.15) is 59.3 Å². The van der Waals surface area contributed by atoms with Crippen LogP contribution in [0.5, 0.6) is 0 Å². The average Bonchev–Trinajstić information content (AvgIpc) is 3.12. The minimum Gasteiger partial charge on any atom is -0.446 e. The standard InChI is InChI=1S/C22H35N3O5/c1-21(2,3)30-19(27)24(4)16-5-6-25(12-16)20(28)29-17-14-7-13-8-15(17)11-22(9-13,10-14)18(23)26/h13-17H,5-12H2,1-4H3,(H2,23,26)/t13?,14-,15?,16?,17?,22?/m0/s1. The molecule has 0 spiro atoms. The number of nitrogens with zero attached hydrogens (tertiary/aromatic N) is 2. The maximum absolute atomic E-state index is 12.9. The van der Waals surface area contributed by atoms with Gasteiger partial charge in [0, 0.05) is 20.1 Å². The van der Waals surface area contributed by atoms with Crippen LogP contribution >= 0.6 is 0 Å². The van der Waals surface area contributed by atoms with E-state index in [1.165, 1.54) is 0 Å². The molecule has 8 nitrogen and oxygen atoms in total. The first kappa shape index (κ1) is 21.2. The zero-order valence-electron chi connectivity index (χ0n) is 18.6. The van der Waals surface area contributed by atoms with E-state index < -0.39 is 5.60 Å². The lowest BCUT2D eigenvalue weighted by Gasteiger charge is -2.58. The largest absolute Gasteiger partial charge is 0.446 e. The van der Waals surface area contributed by atoms with Gasteiger partial charge in [-0.25, -0.2) is 9.59 Å². The molecule has 0 aromatic heterocycles. The molecule has 8 heteroatoms. The Morgan fingerprint density at radius 2 is 1.73 bits per heavy atom. The molecule has 4 aliphatic carbocycles. The number of likely N-dealkylation sites (N-methyl/N-ethyl adjacent to an activating group) is 1. The molecule has 1 heterocycles. The summed E-state index contributed by atoms with van der Waals surface area (Å²) in [4.78, 5) is 40.6. The first-order valence-corrected chi connectivity index (χ1v) is 11.2. The molecule has 4 bridgehead atoms. The Hall–Kier alpha value is -1.99. The monoisotopic (exact) mass is 421 g/mol. The zero-order chi connectivity index (χ0) is 21.8. The second kappa shape index (κ2) is 7.31. The predicted molar refractivity (Wildman–Crippen MR) is 109 cm³/mol.